The number of nitrogens with zero attached hydrogens (tertiary/aromatic N) is 1. The predicted molar refractivity (Wildman–Crippen MR) is 103 cm³/mol. The number of ether oxygens (including phenoxy) is 1. The second kappa shape index (κ2) is 8.65. The molecule has 1 heterocycles. The Kier molecular flexibility index (Phi) is 6.04. The molecule has 0 amide bonds. The fourth-order valence-electron chi connectivity index (χ4n) is 2.99. The lowest BCUT2D eigenvalue weighted by atomic mass is 10.0. The van der Waals surface area contributed by atoms with Crippen LogP contribution in [0.4, 0.5) is 0 Å². The van der Waals surface area contributed by atoms with Crippen LogP contribution in [0.3, 0.4) is 0 Å². The Balaban J connectivity index is 1.52. The zero-order valence-corrected chi connectivity index (χ0v) is 14.6. The van der Waals surface area contributed by atoms with Crippen LogP contribution in [0.1, 0.15) is 23.7 Å². The highest BCUT2D eigenvalue weighted by atomic mass is 16.5. The Morgan fingerprint density at radius 1 is 1.08 bits per heavy atom. The molecule has 3 heteroatoms. The van der Waals surface area contributed by atoms with Gasteiger partial charge in [0.05, 0.1) is 13.2 Å². The van der Waals surface area contributed by atoms with Crippen molar-refractivity contribution in [3.05, 3.63) is 83.4 Å². The molecule has 2 aromatic rings. The van der Waals surface area contributed by atoms with Crippen LogP contribution in [0.5, 0.6) is 5.75 Å². The highest BCUT2D eigenvalue weighted by Crippen LogP contribution is 2.19. The van der Waals surface area contributed by atoms with Gasteiger partial charge in [-0.2, -0.15) is 0 Å². The van der Waals surface area contributed by atoms with Crippen molar-refractivity contribution in [2.24, 2.45) is 0 Å². The Morgan fingerprint density at radius 3 is 2.48 bits per heavy atom. The molecule has 3 rings (SSSR count). The Morgan fingerprint density at radius 2 is 1.84 bits per heavy atom. The van der Waals surface area contributed by atoms with Crippen LogP contribution in [0.2, 0.25) is 0 Å². The topological polar surface area (TPSA) is 32.7 Å². The van der Waals surface area contributed by atoms with Crippen LogP contribution in [-0.4, -0.2) is 36.8 Å². The van der Waals surface area contributed by atoms with Gasteiger partial charge in [-0.25, -0.2) is 0 Å². The van der Waals surface area contributed by atoms with Crippen molar-refractivity contribution >= 4 is 6.08 Å². The molecule has 0 aromatic heterocycles. The molecule has 0 bridgehead atoms. The van der Waals surface area contributed by atoms with Crippen LogP contribution in [0, 0.1) is 0 Å². The number of benzene rings is 2. The summed E-state index contributed by atoms with van der Waals surface area (Å²) in [5.41, 5.74) is 3.50. The monoisotopic (exact) mass is 335 g/mol. The normalized spacial score (nSPS) is 16.6. The molecule has 130 valence electrons. The zero-order valence-electron chi connectivity index (χ0n) is 14.6. The lowest BCUT2D eigenvalue weighted by Gasteiger charge is -2.27. The lowest BCUT2D eigenvalue weighted by Crippen LogP contribution is -2.32. The molecule has 0 radical (unpaired) electrons. The van der Waals surface area contributed by atoms with E-state index in [-0.39, 0.29) is 0 Å². The van der Waals surface area contributed by atoms with E-state index in [0.29, 0.717) is 6.54 Å². The first-order valence-electron chi connectivity index (χ1n) is 8.71. The van der Waals surface area contributed by atoms with Crippen molar-refractivity contribution < 1.29 is 9.84 Å². The molecule has 25 heavy (non-hydrogen) atoms. The molecule has 1 aliphatic rings. The third kappa shape index (κ3) is 5.05. The molecule has 0 saturated carbocycles. The van der Waals surface area contributed by atoms with Crippen molar-refractivity contribution in [2.45, 2.75) is 12.5 Å². The molecule has 3 nitrogen and oxygen atoms in total. The molecule has 1 N–H and O–H groups in total. The minimum Gasteiger partial charge on any atom is -0.497 e. The summed E-state index contributed by atoms with van der Waals surface area (Å²) in [6.45, 7) is 2.53. The van der Waals surface area contributed by atoms with E-state index in [1.165, 1.54) is 11.1 Å². The standard InChI is InChI=1S/C22H25NO2/c1-25-21-11-9-18(10-12-21)7-8-19-13-15-23(16-14-19)17-22(24)20-5-3-2-4-6-20/h2-13,22,24H,14-17H2,1H3. The van der Waals surface area contributed by atoms with Crippen LogP contribution < -0.4 is 4.74 Å². The van der Waals surface area contributed by atoms with E-state index in [2.05, 4.69) is 35.3 Å². The van der Waals surface area contributed by atoms with Crippen LogP contribution in [0.25, 0.3) is 6.08 Å². The van der Waals surface area contributed by atoms with Crippen molar-refractivity contribution in [1.29, 1.82) is 0 Å². The zero-order chi connectivity index (χ0) is 17.5. The van der Waals surface area contributed by atoms with Gasteiger partial charge in [-0.15, -0.1) is 0 Å². The molecule has 1 unspecified atom stereocenters. The van der Waals surface area contributed by atoms with Crippen molar-refractivity contribution in [3.8, 4) is 5.75 Å². The molecule has 1 aliphatic heterocycles. The maximum atomic E-state index is 10.3. The Hall–Kier alpha value is -2.36. The van der Waals surface area contributed by atoms with Crippen molar-refractivity contribution in [1.82, 2.24) is 4.90 Å². The second-order valence-corrected chi connectivity index (χ2v) is 6.32. The second-order valence-electron chi connectivity index (χ2n) is 6.32. The smallest absolute Gasteiger partial charge is 0.118 e. The van der Waals surface area contributed by atoms with E-state index in [1.54, 1.807) is 7.11 Å². The predicted octanol–water partition coefficient (Wildman–Crippen LogP) is 4.07. The Labute approximate surface area is 149 Å². The fourth-order valence-corrected chi connectivity index (χ4v) is 2.99. The van der Waals surface area contributed by atoms with Gasteiger partial charge in [0, 0.05) is 19.6 Å². The SMILES string of the molecule is COc1ccc(C=CC2=CCN(CC(O)c3ccccc3)CC2)cc1. The Bertz CT molecular complexity index is 719. The molecule has 2 aromatic carbocycles. The minimum absolute atomic E-state index is 0.425. The molecule has 0 saturated heterocycles. The van der Waals surface area contributed by atoms with E-state index in [0.717, 1.165) is 30.8 Å². The molecule has 1 atom stereocenters. The summed E-state index contributed by atoms with van der Waals surface area (Å²) < 4.78 is 5.18. The first kappa shape index (κ1) is 17.5. The number of rotatable bonds is 6. The fraction of sp³-hybridized carbons (Fsp3) is 0.273. The number of β-amino-alcohol motifs (C(OH)–C–C–N with tert-alkyl or cyclic N) is 1. The van der Waals surface area contributed by atoms with E-state index in [4.69, 9.17) is 4.74 Å². The summed E-state index contributed by atoms with van der Waals surface area (Å²) >= 11 is 0. The summed E-state index contributed by atoms with van der Waals surface area (Å²) in [5, 5.41) is 10.3. The van der Waals surface area contributed by atoms with Gasteiger partial charge in [-0.3, -0.25) is 4.90 Å². The largest absolute Gasteiger partial charge is 0.497 e. The first-order valence-corrected chi connectivity index (χ1v) is 8.71. The highest BCUT2D eigenvalue weighted by molar-refractivity contribution is 5.54. The quantitative estimate of drug-likeness (QED) is 0.863. The van der Waals surface area contributed by atoms with Gasteiger partial charge in [0.1, 0.15) is 5.75 Å². The molecule has 0 spiro atoms. The summed E-state index contributed by atoms with van der Waals surface area (Å²) in [6.07, 6.45) is 7.16. The van der Waals surface area contributed by atoms with Crippen LogP contribution in [-0.2, 0) is 0 Å². The van der Waals surface area contributed by atoms with E-state index in [9.17, 15) is 5.11 Å². The highest BCUT2D eigenvalue weighted by Gasteiger charge is 2.15. The van der Waals surface area contributed by atoms with E-state index < -0.39 is 6.10 Å². The maximum Gasteiger partial charge on any atom is 0.118 e. The molecular weight excluding hydrogens is 310 g/mol. The number of hydrogen-bond acceptors (Lipinski definition) is 3. The van der Waals surface area contributed by atoms with Crippen molar-refractivity contribution in [2.75, 3.05) is 26.7 Å². The van der Waals surface area contributed by atoms with Gasteiger partial charge in [0.25, 0.3) is 0 Å². The van der Waals surface area contributed by atoms with E-state index in [1.807, 2.05) is 42.5 Å². The van der Waals surface area contributed by atoms with Gasteiger partial charge in [0.2, 0.25) is 0 Å². The first-order chi connectivity index (χ1) is 12.2. The number of allylic oxidation sites excluding steroid dienone is 1. The van der Waals surface area contributed by atoms with Gasteiger partial charge >= 0.3 is 0 Å². The third-order valence-electron chi connectivity index (χ3n) is 4.55. The van der Waals surface area contributed by atoms with Crippen LogP contribution in [0.15, 0.2) is 72.3 Å². The van der Waals surface area contributed by atoms with Gasteiger partial charge in [-0.1, -0.05) is 60.7 Å². The van der Waals surface area contributed by atoms with Crippen LogP contribution >= 0.6 is 0 Å². The van der Waals surface area contributed by atoms with Gasteiger partial charge in [0.15, 0.2) is 0 Å². The summed E-state index contributed by atoms with van der Waals surface area (Å²) in [4.78, 5) is 2.29. The third-order valence-corrected chi connectivity index (χ3v) is 4.55. The minimum atomic E-state index is -0.425. The molecule has 0 aliphatic carbocycles. The summed E-state index contributed by atoms with van der Waals surface area (Å²) in [6, 6.07) is 17.9. The van der Waals surface area contributed by atoms with Crippen molar-refractivity contribution in [3.63, 3.8) is 0 Å². The lowest BCUT2D eigenvalue weighted by molar-refractivity contribution is 0.118. The number of hydrogen-bond donors (Lipinski definition) is 1. The van der Waals surface area contributed by atoms with Gasteiger partial charge < -0.3 is 9.84 Å². The van der Waals surface area contributed by atoms with E-state index >= 15 is 0 Å². The number of methoxy groups -OCH3 is 1. The van der Waals surface area contributed by atoms with Gasteiger partial charge in [-0.05, 0) is 35.3 Å². The molecule has 0 fully saturated rings. The summed E-state index contributed by atoms with van der Waals surface area (Å²) in [5.74, 6) is 0.877. The number of aliphatic hydroxyl groups is 1. The molecular formula is C22H25NO2. The average Bonchev–Trinajstić information content (AvgIpc) is 2.68. The average molecular weight is 335 g/mol. The number of aliphatic hydroxyl groups excluding tert-OH is 1. The maximum absolute atomic E-state index is 10.3. The summed E-state index contributed by atoms with van der Waals surface area (Å²) in [7, 11) is 1.68.